The molecule has 1 N–H and O–H groups in total. The van der Waals surface area contributed by atoms with Gasteiger partial charge < -0.3 is 5.11 Å². The summed E-state index contributed by atoms with van der Waals surface area (Å²) >= 11 is 0. The highest BCUT2D eigenvalue weighted by atomic mass is 16.3. The fraction of sp³-hybridized carbons (Fsp3) is 0.308. The van der Waals surface area contributed by atoms with Gasteiger partial charge in [0.25, 0.3) is 0 Å². The van der Waals surface area contributed by atoms with E-state index < -0.39 is 6.10 Å². The molecule has 0 fully saturated rings. The second-order valence-corrected chi connectivity index (χ2v) is 4.15. The molecule has 2 nitrogen and oxygen atoms in total. The number of hydrogen-bond acceptors (Lipinski definition) is 2. The molecule has 1 atom stereocenters. The second kappa shape index (κ2) is 3.99. The van der Waals surface area contributed by atoms with Gasteiger partial charge in [0.15, 0.2) is 0 Å². The van der Waals surface area contributed by atoms with Crippen molar-refractivity contribution in [3.05, 3.63) is 42.2 Å². The van der Waals surface area contributed by atoms with E-state index in [1.807, 2.05) is 50.4 Å². The van der Waals surface area contributed by atoms with Crippen molar-refractivity contribution < 1.29 is 5.11 Å². The molecular weight excluding hydrogens is 186 g/mol. The molecule has 2 rings (SSSR count). The van der Waals surface area contributed by atoms with Crippen LogP contribution in [0.1, 0.15) is 25.6 Å². The molecule has 0 spiro atoms. The molecule has 0 saturated heterocycles. The minimum absolute atomic E-state index is 0.193. The van der Waals surface area contributed by atoms with Gasteiger partial charge in [0, 0.05) is 11.6 Å². The molecule has 0 bridgehead atoms. The minimum atomic E-state index is -0.477. The van der Waals surface area contributed by atoms with Crippen molar-refractivity contribution in [3.8, 4) is 0 Å². The summed E-state index contributed by atoms with van der Waals surface area (Å²) in [5.41, 5.74) is 0.753. The number of aliphatic hydroxyl groups is 1. The SMILES string of the molecule is CC(C)[C@H](O)c1cc2ccccc2cn1. The Hall–Kier alpha value is -1.41. The number of aromatic nitrogens is 1. The number of nitrogens with zero attached hydrogens (tertiary/aromatic N) is 1. The Kier molecular flexibility index (Phi) is 2.69. The van der Waals surface area contributed by atoms with Gasteiger partial charge in [0.05, 0.1) is 11.8 Å². The average molecular weight is 201 g/mol. The van der Waals surface area contributed by atoms with Crippen LogP contribution in [-0.4, -0.2) is 10.1 Å². The van der Waals surface area contributed by atoms with Gasteiger partial charge in [0.1, 0.15) is 0 Å². The van der Waals surface area contributed by atoms with E-state index in [9.17, 15) is 5.11 Å². The summed E-state index contributed by atoms with van der Waals surface area (Å²) in [4.78, 5) is 4.28. The highest BCUT2D eigenvalue weighted by Crippen LogP contribution is 2.22. The molecular formula is C13H15NO. The molecule has 0 aliphatic rings. The van der Waals surface area contributed by atoms with Crippen LogP contribution in [0, 0.1) is 5.92 Å². The number of rotatable bonds is 2. The van der Waals surface area contributed by atoms with Crippen LogP contribution in [0.25, 0.3) is 10.8 Å². The summed E-state index contributed by atoms with van der Waals surface area (Å²) in [5, 5.41) is 12.1. The molecule has 15 heavy (non-hydrogen) atoms. The lowest BCUT2D eigenvalue weighted by molar-refractivity contribution is 0.122. The van der Waals surface area contributed by atoms with Gasteiger partial charge in [-0.15, -0.1) is 0 Å². The van der Waals surface area contributed by atoms with Crippen molar-refractivity contribution in [2.45, 2.75) is 20.0 Å². The smallest absolute Gasteiger partial charge is 0.0982 e. The largest absolute Gasteiger partial charge is 0.387 e. The Labute approximate surface area is 89.6 Å². The number of pyridine rings is 1. The molecule has 78 valence electrons. The first-order valence-corrected chi connectivity index (χ1v) is 5.21. The van der Waals surface area contributed by atoms with Crippen LogP contribution in [0.3, 0.4) is 0 Å². The molecule has 0 aliphatic carbocycles. The van der Waals surface area contributed by atoms with E-state index in [1.54, 1.807) is 0 Å². The van der Waals surface area contributed by atoms with Crippen molar-refractivity contribution in [2.24, 2.45) is 5.92 Å². The summed E-state index contributed by atoms with van der Waals surface area (Å²) in [5.74, 6) is 0.193. The van der Waals surface area contributed by atoms with E-state index in [0.717, 1.165) is 16.5 Å². The third kappa shape index (κ3) is 2.00. The van der Waals surface area contributed by atoms with Crippen molar-refractivity contribution in [3.63, 3.8) is 0 Å². The van der Waals surface area contributed by atoms with Crippen LogP contribution >= 0.6 is 0 Å². The number of aliphatic hydroxyl groups excluding tert-OH is 1. The third-order valence-corrected chi connectivity index (χ3v) is 2.59. The van der Waals surface area contributed by atoms with E-state index in [0.29, 0.717) is 0 Å². The first-order chi connectivity index (χ1) is 7.18. The Balaban J connectivity index is 2.47. The van der Waals surface area contributed by atoms with E-state index in [1.165, 1.54) is 0 Å². The van der Waals surface area contributed by atoms with Crippen LogP contribution in [0.5, 0.6) is 0 Å². The summed E-state index contributed by atoms with van der Waals surface area (Å²) < 4.78 is 0. The average Bonchev–Trinajstić information content (AvgIpc) is 2.27. The Bertz CT molecular complexity index is 465. The first-order valence-electron chi connectivity index (χ1n) is 5.21. The fourth-order valence-electron chi connectivity index (χ4n) is 1.60. The van der Waals surface area contributed by atoms with Crippen molar-refractivity contribution >= 4 is 10.8 Å². The van der Waals surface area contributed by atoms with Crippen LogP contribution in [0.2, 0.25) is 0 Å². The van der Waals surface area contributed by atoms with Gasteiger partial charge in [-0.1, -0.05) is 38.1 Å². The highest BCUT2D eigenvalue weighted by Gasteiger charge is 2.13. The quantitative estimate of drug-likeness (QED) is 0.810. The normalized spacial score (nSPS) is 13.3. The maximum atomic E-state index is 9.89. The molecule has 0 amide bonds. The third-order valence-electron chi connectivity index (χ3n) is 2.59. The molecule has 1 heterocycles. The van der Waals surface area contributed by atoms with Crippen LogP contribution in [-0.2, 0) is 0 Å². The maximum Gasteiger partial charge on any atom is 0.0982 e. The molecule has 2 heteroatoms. The van der Waals surface area contributed by atoms with Gasteiger partial charge in [-0.2, -0.15) is 0 Å². The molecule has 2 aromatic rings. The molecule has 1 aromatic heterocycles. The molecule has 0 unspecified atom stereocenters. The summed E-state index contributed by atoms with van der Waals surface area (Å²) in [6, 6.07) is 10.00. The summed E-state index contributed by atoms with van der Waals surface area (Å²) in [7, 11) is 0. The fourth-order valence-corrected chi connectivity index (χ4v) is 1.60. The zero-order valence-corrected chi connectivity index (χ0v) is 9.01. The maximum absolute atomic E-state index is 9.89. The van der Waals surface area contributed by atoms with E-state index in [-0.39, 0.29) is 5.92 Å². The standard InChI is InChI=1S/C13H15NO/c1-9(2)13(15)12-7-10-5-3-4-6-11(10)8-14-12/h3-9,13,15H,1-2H3/t13-/m0/s1. The lowest BCUT2D eigenvalue weighted by Gasteiger charge is -2.13. The van der Waals surface area contributed by atoms with Crippen LogP contribution in [0.15, 0.2) is 36.5 Å². The van der Waals surface area contributed by atoms with E-state index in [4.69, 9.17) is 0 Å². The van der Waals surface area contributed by atoms with Gasteiger partial charge in [-0.05, 0) is 17.4 Å². The second-order valence-electron chi connectivity index (χ2n) is 4.15. The zero-order valence-electron chi connectivity index (χ0n) is 9.01. The Morgan fingerprint density at radius 1 is 1.13 bits per heavy atom. The van der Waals surface area contributed by atoms with Crippen LogP contribution in [0.4, 0.5) is 0 Å². The zero-order chi connectivity index (χ0) is 10.8. The topological polar surface area (TPSA) is 33.1 Å². The van der Waals surface area contributed by atoms with Crippen LogP contribution < -0.4 is 0 Å². The van der Waals surface area contributed by atoms with E-state index >= 15 is 0 Å². The number of benzene rings is 1. The molecule has 0 radical (unpaired) electrons. The monoisotopic (exact) mass is 201 g/mol. The number of hydrogen-bond donors (Lipinski definition) is 1. The van der Waals surface area contributed by atoms with Crippen molar-refractivity contribution in [2.75, 3.05) is 0 Å². The van der Waals surface area contributed by atoms with Crippen molar-refractivity contribution in [1.82, 2.24) is 4.98 Å². The van der Waals surface area contributed by atoms with Gasteiger partial charge in [-0.3, -0.25) is 4.98 Å². The van der Waals surface area contributed by atoms with Gasteiger partial charge in [-0.25, -0.2) is 0 Å². The van der Waals surface area contributed by atoms with Gasteiger partial charge >= 0.3 is 0 Å². The summed E-state index contributed by atoms with van der Waals surface area (Å²) in [6.07, 6.45) is 1.34. The summed E-state index contributed by atoms with van der Waals surface area (Å²) in [6.45, 7) is 3.98. The lowest BCUT2D eigenvalue weighted by Crippen LogP contribution is -2.07. The molecule has 0 saturated carbocycles. The predicted molar refractivity (Wildman–Crippen MR) is 61.5 cm³/mol. The predicted octanol–water partition coefficient (Wildman–Crippen LogP) is 2.92. The Morgan fingerprint density at radius 2 is 1.80 bits per heavy atom. The van der Waals surface area contributed by atoms with Gasteiger partial charge in [0.2, 0.25) is 0 Å². The minimum Gasteiger partial charge on any atom is -0.387 e. The first kappa shape index (κ1) is 10.1. The number of fused-ring (bicyclic) bond motifs is 1. The van der Waals surface area contributed by atoms with E-state index in [2.05, 4.69) is 4.98 Å². The molecule has 1 aromatic carbocycles. The highest BCUT2D eigenvalue weighted by molar-refractivity contribution is 5.81. The van der Waals surface area contributed by atoms with Crippen molar-refractivity contribution in [1.29, 1.82) is 0 Å². The lowest BCUT2D eigenvalue weighted by atomic mass is 10.0. The molecule has 0 aliphatic heterocycles. The Morgan fingerprint density at radius 3 is 2.47 bits per heavy atom.